The van der Waals surface area contributed by atoms with Crippen molar-refractivity contribution in [2.24, 2.45) is 0 Å². The summed E-state index contributed by atoms with van der Waals surface area (Å²) in [5.41, 5.74) is -0.827. The van der Waals surface area contributed by atoms with Crippen molar-refractivity contribution in [1.82, 2.24) is 10.2 Å². The molecule has 17 heavy (non-hydrogen) atoms. The first kappa shape index (κ1) is 12.4. The zero-order chi connectivity index (χ0) is 12.8. The van der Waals surface area contributed by atoms with Crippen molar-refractivity contribution in [1.29, 1.82) is 0 Å². The monoisotopic (exact) mass is 238 g/mol. The van der Waals surface area contributed by atoms with Gasteiger partial charge >= 0.3 is 0 Å². The van der Waals surface area contributed by atoms with Crippen LogP contribution in [0.3, 0.4) is 0 Å². The van der Waals surface area contributed by atoms with Gasteiger partial charge in [0.2, 0.25) is 11.8 Å². The Morgan fingerprint density at radius 3 is 2.35 bits per heavy atom. The van der Waals surface area contributed by atoms with E-state index in [1.165, 1.54) is 0 Å². The van der Waals surface area contributed by atoms with Gasteiger partial charge in [0, 0.05) is 5.54 Å². The summed E-state index contributed by atoms with van der Waals surface area (Å²) in [6.07, 6.45) is 4.16. The molecule has 96 valence electrons. The van der Waals surface area contributed by atoms with Gasteiger partial charge in [-0.1, -0.05) is 6.92 Å². The van der Waals surface area contributed by atoms with Crippen LogP contribution in [0.4, 0.5) is 0 Å². The highest BCUT2D eigenvalue weighted by Crippen LogP contribution is 2.43. The maximum atomic E-state index is 12.5. The molecule has 4 heteroatoms. The molecule has 1 saturated heterocycles. The van der Waals surface area contributed by atoms with Gasteiger partial charge in [0.05, 0.1) is 0 Å². The van der Waals surface area contributed by atoms with Crippen LogP contribution in [0.1, 0.15) is 53.4 Å². The fraction of sp³-hybridized carbons (Fsp3) is 0.846. The number of carbonyl (C=O) groups is 2. The van der Waals surface area contributed by atoms with Crippen molar-refractivity contribution in [2.75, 3.05) is 0 Å². The molecule has 1 aliphatic heterocycles. The molecule has 1 unspecified atom stereocenters. The molecule has 2 aliphatic rings. The lowest BCUT2D eigenvalue weighted by molar-refractivity contribution is -0.165. The molecular weight excluding hydrogens is 216 g/mol. The Morgan fingerprint density at radius 2 is 1.94 bits per heavy atom. The fourth-order valence-electron chi connectivity index (χ4n) is 3.04. The number of hydrogen-bond donors (Lipinski definition) is 1. The molecule has 0 radical (unpaired) electrons. The molecule has 0 aromatic carbocycles. The van der Waals surface area contributed by atoms with Crippen LogP contribution in [0.5, 0.6) is 0 Å². The van der Waals surface area contributed by atoms with Crippen molar-refractivity contribution >= 4 is 11.8 Å². The molecule has 1 N–H and O–H groups in total. The molecule has 0 aromatic heterocycles. The zero-order valence-corrected chi connectivity index (χ0v) is 11.2. The van der Waals surface area contributed by atoms with E-state index in [4.69, 9.17) is 0 Å². The summed E-state index contributed by atoms with van der Waals surface area (Å²) in [6.45, 7) is 7.51. The van der Waals surface area contributed by atoms with Crippen LogP contribution in [0, 0.1) is 0 Å². The van der Waals surface area contributed by atoms with Gasteiger partial charge in [0.1, 0.15) is 11.6 Å². The summed E-state index contributed by atoms with van der Waals surface area (Å²) in [7, 11) is 0. The lowest BCUT2D eigenvalue weighted by atomic mass is 9.71. The third-order valence-electron chi connectivity index (χ3n) is 4.41. The van der Waals surface area contributed by atoms with Gasteiger partial charge in [-0.05, 0) is 46.5 Å². The summed E-state index contributed by atoms with van der Waals surface area (Å²) in [5, 5.41) is 2.80. The van der Waals surface area contributed by atoms with E-state index < -0.39 is 5.54 Å². The van der Waals surface area contributed by atoms with E-state index in [9.17, 15) is 9.59 Å². The molecule has 1 heterocycles. The standard InChI is InChI=1S/C13H22N2O2/c1-5-13(7-6-8-13)15-9(2)10(16)14-12(3,4)11(15)17/h9H,5-8H2,1-4H3,(H,14,16). The molecule has 4 nitrogen and oxygen atoms in total. The van der Waals surface area contributed by atoms with Gasteiger partial charge in [0.15, 0.2) is 0 Å². The SMILES string of the molecule is CCC1(N2C(=O)C(C)(C)NC(=O)C2C)CCC1. The number of nitrogens with zero attached hydrogens (tertiary/aromatic N) is 1. The Balaban J connectivity index is 2.35. The van der Waals surface area contributed by atoms with E-state index in [0.29, 0.717) is 0 Å². The second kappa shape index (κ2) is 3.72. The van der Waals surface area contributed by atoms with Gasteiger partial charge in [-0.2, -0.15) is 0 Å². The van der Waals surface area contributed by atoms with Crippen molar-refractivity contribution in [3.05, 3.63) is 0 Å². The summed E-state index contributed by atoms with van der Waals surface area (Å²) < 4.78 is 0. The number of carbonyl (C=O) groups excluding carboxylic acids is 2. The predicted molar refractivity (Wildman–Crippen MR) is 65.4 cm³/mol. The van der Waals surface area contributed by atoms with Crippen LogP contribution >= 0.6 is 0 Å². The van der Waals surface area contributed by atoms with Crippen molar-refractivity contribution in [3.8, 4) is 0 Å². The molecule has 2 rings (SSSR count). The molecule has 0 spiro atoms. The first-order valence-corrected chi connectivity index (χ1v) is 6.50. The van der Waals surface area contributed by atoms with Gasteiger partial charge in [-0.3, -0.25) is 9.59 Å². The lowest BCUT2D eigenvalue weighted by Crippen LogP contribution is -2.73. The second-order valence-electron chi connectivity index (χ2n) is 5.90. The normalized spacial score (nSPS) is 30.8. The topological polar surface area (TPSA) is 49.4 Å². The third-order valence-corrected chi connectivity index (χ3v) is 4.41. The maximum Gasteiger partial charge on any atom is 0.248 e. The molecule has 1 aliphatic carbocycles. The van der Waals surface area contributed by atoms with Crippen LogP contribution in [-0.4, -0.2) is 33.8 Å². The highest BCUT2D eigenvalue weighted by Gasteiger charge is 2.53. The molecule has 1 saturated carbocycles. The molecule has 2 fully saturated rings. The first-order chi connectivity index (χ1) is 7.84. The lowest BCUT2D eigenvalue weighted by Gasteiger charge is -2.56. The van der Waals surface area contributed by atoms with Gasteiger partial charge in [-0.25, -0.2) is 0 Å². The number of nitrogens with one attached hydrogen (secondary N) is 1. The summed E-state index contributed by atoms with van der Waals surface area (Å²) in [6, 6.07) is -0.337. The van der Waals surface area contributed by atoms with Gasteiger partial charge in [0.25, 0.3) is 0 Å². The minimum atomic E-state index is -0.763. The van der Waals surface area contributed by atoms with E-state index in [2.05, 4.69) is 12.2 Å². The van der Waals surface area contributed by atoms with Gasteiger partial charge in [-0.15, -0.1) is 0 Å². The minimum Gasteiger partial charge on any atom is -0.340 e. The van der Waals surface area contributed by atoms with Crippen molar-refractivity contribution in [3.63, 3.8) is 0 Å². The molecule has 1 atom stereocenters. The quantitative estimate of drug-likeness (QED) is 0.791. The Bertz CT molecular complexity index is 353. The Labute approximate surface area is 103 Å². The van der Waals surface area contributed by atoms with Crippen molar-refractivity contribution < 1.29 is 9.59 Å². The van der Waals surface area contributed by atoms with E-state index in [-0.39, 0.29) is 23.4 Å². The van der Waals surface area contributed by atoms with Crippen LogP contribution in [0.25, 0.3) is 0 Å². The number of amides is 2. The molecule has 0 aromatic rings. The Hall–Kier alpha value is -1.06. The Kier molecular flexibility index (Phi) is 2.71. The largest absolute Gasteiger partial charge is 0.340 e. The maximum absolute atomic E-state index is 12.5. The average Bonchev–Trinajstić information content (AvgIpc) is 2.19. The van der Waals surface area contributed by atoms with Crippen LogP contribution in [0.15, 0.2) is 0 Å². The second-order valence-corrected chi connectivity index (χ2v) is 5.90. The smallest absolute Gasteiger partial charge is 0.248 e. The average molecular weight is 238 g/mol. The first-order valence-electron chi connectivity index (χ1n) is 6.50. The predicted octanol–water partition coefficient (Wildman–Crippen LogP) is 1.44. The highest BCUT2D eigenvalue weighted by molar-refractivity contribution is 5.99. The molecule has 0 bridgehead atoms. The zero-order valence-electron chi connectivity index (χ0n) is 11.2. The molecule has 2 amide bonds. The minimum absolute atomic E-state index is 0.0330. The third kappa shape index (κ3) is 1.65. The van der Waals surface area contributed by atoms with Crippen LogP contribution in [0.2, 0.25) is 0 Å². The van der Waals surface area contributed by atoms with E-state index in [0.717, 1.165) is 25.7 Å². The number of rotatable bonds is 2. The number of piperazine rings is 1. The molecular formula is C13H22N2O2. The fourth-order valence-corrected chi connectivity index (χ4v) is 3.04. The van der Waals surface area contributed by atoms with E-state index >= 15 is 0 Å². The van der Waals surface area contributed by atoms with E-state index in [1.807, 2.05) is 11.8 Å². The summed E-state index contributed by atoms with van der Waals surface area (Å²) in [4.78, 5) is 26.3. The van der Waals surface area contributed by atoms with Gasteiger partial charge < -0.3 is 10.2 Å². The van der Waals surface area contributed by atoms with Crippen LogP contribution in [-0.2, 0) is 9.59 Å². The summed E-state index contributed by atoms with van der Waals surface area (Å²) >= 11 is 0. The summed E-state index contributed by atoms with van der Waals surface area (Å²) in [5.74, 6) is 0.0282. The van der Waals surface area contributed by atoms with Crippen molar-refractivity contribution in [2.45, 2.75) is 70.5 Å². The Morgan fingerprint density at radius 1 is 1.35 bits per heavy atom. The van der Waals surface area contributed by atoms with E-state index in [1.54, 1.807) is 13.8 Å². The van der Waals surface area contributed by atoms with Crippen LogP contribution < -0.4 is 5.32 Å². The highest BCUT2D eigenvalue weighted by atomic mass is 16.2. The number of hydrogen-bond acceptors (Lipinski definition) is 2.